The maximum absolute atomic E-state index is 2.26. The zero-order chi connectivity index (χ0) is 8.10. The van der Waals surface area contributed by atoms with Crippen LogP contribution in [-0.2, 0) is 0 Å². The van der Waals surface area contributed by atoms with Gasteiger partial charge in [0.2, 0.25) is 0 Å². The average Bonchev–Trinajstić information content (AvgIpc) is 2.39. The molecular weight excluding hydrogens is 132 g/mol. The zero-order valence-electron chi connectivity index (χ0n) is 7.56. The Bertz CT molecular complexity index is 163. The van der Waals surface area contributed by atoms with Gasteiger partial charge >= 0.3 is 0 Å². The lowest BCUT2D eigenvalue weighted by molar-refractivity contribution is 0.809. The highest BCUT2D eigenvalue weighted by atomic mass is 14.2. The van der Waals surface area contributed by atoms with E-state index >= 15 is 0 Å². The van der Waals surface area contributed by atoms with Crippen LogP contribution in [0.15, 0.2) is 23.8 Å². The molecule has 0 saturated carbocycles. The van der Waals surface area contributed by atoms with Crippen LogP contribution in [0.5, 0.6) is 0 Å². The third-order valence-corrected chi connectivity index (χ3v) is 2.05. The van der Waals surface area contributed by atoms with Crippen LogP contribution < -0.4 is 0 Å². The summed E-state index contributed by atoms with van der Waals surface area (Å²) in [5.74, 6) is 1.56. The normalized spacial score (nSPS) is 17.5. The van der Waals surface area contributed by atoms with Gasteiger partial charge in [-0.25, -0.2) is 0 Å². The van der Waals surface area contributed by atoms with Crippen molar-refractivity contribution in [2.24, 2.45) is 0 Å². The number of hydrogen-bond acceptors (Lipinski definition) is 0. The first-order chi connectivity index (χ1) is 5.38. The zero-order valence-corrected chi connectivity index (χ0v) is 7.56. The molecule has 0 bridgehead atoms. The Labute approximate surface area is 70.0 Å². The lowest BCUT2D eigenvalue weighted by Crippen LogP contribution is -1.94. The Kier molecular flexibility index (Phi) is 3.41. The summed E-state index contributed by atoms with van der Waals surface area (Å²) in [4.78, 5) is 0. The monoisotopic (exact) mass is 149 g/mol. The first-order valence-electron chi connectivity index (χ1n) is 4.62. The summed E-state index contributed by atoms with van der Waals surface area (Å²) in [6.07, 6.45) is 11.7. The van der Waals surface area contributed by atoms with E-state index in [0.717, 1.165) is 0 Å². The van der Waals surface area contributed by atoms with Crippen molar-refractivity contribution in [3.05, 3.63) is 29.7 Å². The first-order valence-corrected chi connectivity index (χ1v) is 4.62. The van der Waals surface area contributed by atoms with Gasteiger partial charge in [0.15, 0.2) is 0 Å². The van der Waals surface area contributed by atoms with Gasteiger partial charge in [-0.05, 0) is 12.8 Å². The van der Waals surface area contributed by atoms with Gasteiger partial charge in [0.25, 0.3) is 0 Å². The number of allylic oxidation sites excluding steroid dienone is 4. The SMILES string of the molecule is CCC[C]1C=CC=C1CCC. The minimum Gasteiger partial charge on any atom is -0.0731 e. The lowest BCUT2D eigenvalue weighted by atomic mass is 9.94. The smallest absolute Gasteiger partial charge is 0.0225 e. The summed E-state index contributed by atoms with van der Waals surface area (Å²) in [6.45, 7) is 4.48. The van der Waals surface area contributed by atoms with Crippen molar-refractivity contribution in [3.63, 3.8) is 0 Å². The van der Waals surface area contributed by atoms with E-state index in [2.05, 4.69) is 32.1 Å². The summed E-state index contributed by atoms with van der Waals surface area (Å²) in [5.41, 5.74) is 1.56. The van der Waals surface area contributed by atoms with Crippen LogP contribution in [0.4, 0.5) is 0 Å². The highest BCUT2D eigenvalue weighted by Gasteiger charge is 2.12. The van der Waals surface area contributed by atoms with Gasteiger partial charge in [-0.2, -0.15) is 0 Å². The topological polar surface area (TPSA) is 0 Å². The molecule has 0 unspecified atom stereocenters. The molecule has 1 aliphatic carbocycles. The van der Waals surface area contributed by atoms with Gasteiger partial charge in [0.05, 0.1) is 0 Å². The molecule has 1 rings (SSSR count). The Morgan fingerprint density at radius 1 is 1.09 bits per heavy atom. The second-order valence-corrected chi connectivity index (χ2v) is 3.08. The van der Waals surface area contributed by atoms with E-state index in [1.54, 1.807) is 11.5 Å². The van der Waals surface area contributed by atoms with Crippen molar-refractivity contribution in [2.75, 3.05) is 0 Å². The molecule has 0 aromatic rings. The molecule has 0 aliphatic heterocycles. The van der Waals surface area contributed by atoms with E-state index < -0.39 is 0 Å². The Balaban J connectivity index is 2.40. The summed E-state index contributed by atoms with van der Waals surface area (Å²) in [5, 5.41) is 0. The molecule has 11 heavy (non-hydrogen) atoms. The molecule has 0 heteroatoms. The third kappa shape index (κ3) is 2.21. The summed E-state index contributed by atoms with van der Waals surface area (Å²) >= 11 is 0. The predicted molar refractivity (Wildman–Crippen MR) is 50.3 cm³/mol. The van der Waals surface area contributed by atoms with Crippen molar-refractivity contribution in [1.82, 2.24) is 0 Å². The third-order valence-electron chi connectivity index (χ3n) is 2.05. The Hall–Kier alpha value is -0.520. The molecule has 0 nitrogen and oxygen atoms in total. The molecule has 0 amide bonds. The Morgan fingerprint density at radius 3 is 2.45 bits per heavy atom. The number of hydrogen-bond donors (Lipinski definition) is 0. The molecule has 0 spiro atoms. The van der Waals surface area contributed by atoms with Crippen molar-refractivity contribution < 1.29 is 0 Å². The molecule has 0 saturated heterocycles. The quantitative estimate of drug-likeness (QED) is 0.572. The predicted octanol–water partition coefficient (Wildman–Crippen LogP) is 3.66. The molecule has 0 N–H and O–H groups in total. The maximum atomic E-state index is 2.26. The molecule has 0 heterocycles. The van der Waals surface area contributed by atoms with Crippen LogP contribution in [0.1, 0.15) is 39.5 Å². The number of rotatable bonds is 4. The fraction of sp³-hybridized carbons (Fsp3) is 0.545. The van der Waals surface area contributed by atoms with Crippen LogP contribution in [0.3, 0.4) is 0 Å². The second kappa shape index (κ2) is 4.38. The van der Waals surface area contributed by atoms with E-state index in [1.165, 1.54) is 25.7 Å². The van der Waals surface area contributed by atoms with Crippen molar-refractivity contribution in [3.8, 4) is 0 Å². The van der Waals surface area contributed by atoms with Gasteiger partial charge in [0, 0.05) is 5.92 Å². The fourth-order valence-corrected chi connectivity index (χ4v) is 1.52. The van der Waals surface area contributed by atoms with Gasteiger partial charge in [-0.1, -0.05) is 50.5 Å². The van der Waals surface area contributed by atoms with Crippen LogP contribution in [0.2, 0.25) is 0 Å². The lowest BCUT2D eigenvalue weighted by Gasteiger charge is -2.10. The highest BCUT2D eigenvalue weighted by Crippen LogP contribution is 2.29. The van der Waals surface area contributed by atoms with Crippen LogP contribution in [-0.4, -0.2) is 0 Å². The van der Waals surface area contributed by atoms with Crippen molar-refractivity contribution >= 4 is 0 Å². The van der Waals surface area contributed by atoms with E-state index in [1.807, 2.05) is 0 Å². The van der Waals surface area contributed by atoms with Gasteiger partial charge in [0.1, 0.15) is 0 Å². The van der Waals surface area contributed by atoms with Crippen LogP contribution in [0, 0.1) is 5.92 Å². The molecule has 1 aliphatic rings. The highest BCUT2D eigenvalue weighted by molar-refractivity contribution is 5.42. The Morgan fingerprint density at radius 2 is 1.82 bits per heavy atom. The summed E-state index contributed by atoms with van der Waals surface area (Å²) in [6, 6.07) is 0. The van der Waals surface area contributed by atoms with Gasteiger partial charge < -0.3 is 0 Å². The van der Waals surface area contributed by atoms with Crippen LogP contribution in [0.25, 0.3) is 0 Å². The minimum absolute atomic E-state index is 1.25. The summed E-state index contributed by atoms with van der Waals surface area (Å²) in [7, 11) is 0. The van der Waals surface area contributed by atoms with Crippen LogP contribution >= 0.6 is 0 Å². The van der Waals surface area contributed by atoms with E-state index in [9.17, 15) is 0 Å². The standard InChI is InChI=1S/C11H17/c1-3-6-10-8-5-9-11(10)7-4-2/h5,8-9H,3-4,6-7H2,1-2H3. The van der Waals surface area contributed by atoms with Crippen molar-refractivity contribution in [2.45, 2.75) is 39.5 Å². The molecule has 0 aromatic heterocycles. The molecule has 0 aromatic carbocycles. The fourth-order valence-electron chi connectivity index (χ4n) is 1.52. The minimum atomic E-state index is 1.25. The maximum Gasteiger partial charge on any atom is 0.0225 e. The molecule has 1 radical (unpaired) electrons. The average molecular weight is 149 g/mol. The van der Waals surface area contributed by atoms with E-state index in [4.69, 9.17) is 0 Å². The second-order valence-electron chi connectivity index (χ2n) is 3.08. The van der Waals surface area contributed by atoms with Gasteiger partial charge in [-0.3, -0.25) is 0 Å². The molecular formula is C11H17. The van der Waals surface area contributed by atoms with Gasteiger partial charge in [-0.15, -0.1) is 0 Å². The first kappa shape index (κ1) is 8.58. The van der Waals surface area contributed by atoms with E-state index in [0.29, 0.717) is 0 Å². The molecule has 0 atom stereocenters. The summed E-state index contributed by atoms with van der Waals surface area (Å²) < 4.78 is 0. The van der Waals surface area contributed by atoms with Crippen molar-refractivity contribution in [1.29, 1.82) is 0 Å². The largest absolute Gasteiger partial charge is 0.0731 e. The van der Waals surface area contributed by atoms with E-state index in [-0.39, 0.29) is 0 Å². The molecule has 61 valence electrons. The molecule has 0 fully saturated rings.